The molecule has 31 heavy (non-hydrogen) atoms. The molecule has 0 spiro atoms. The number of nitrogens with one attached hydrogen (secondary N) is 1. The van der Waals surface area contributed by atoms with E-state index in [0.29, 0.717) is 33.6 Å². The van der Waals surface area contributed by atoms with Crippen LogP contribution in [0.5, 0.6) is 0 Å². The van der Waals surface area contributed by atoms with Crippen LogP contribution in [-0.4, -0.2) is 47.0 Å². The lowest BCUT2D eigenvalue weighted by molar-refractivity contribution is 0.0440. The first-order chi connectivity index (χ1) is 14.7. The molecule has 5 heterocycles. The number of nitrogens with zero attached hydrogens (tertiary/aromatic N) is 5. The molecule has 1 amide bonds. The van der Waals surface area contributed by atoms with Crippen molar-refractivity contribution in [3.63, 3.8) is 0 Å². The third-order valence-corrected chi connectivity index (χ3v) is 5.97. The molecular formula is C20H18FIN6O3. The number of carbonyl (C=O) groups excluding carboxylic acids is 1. The maximum Gasteiger partial charge on any atom is 0.293 e. The van der Waals surface area contributed by atoms with Crippen LogP contribution in [0.3, 0.4) is 0 Å². The summed E-state index contributed by atoms with van der Waals surface area (Å²) in [5.74, 6) is -0.707. The molecule has 1 aliphatic rings. The lowest BCUT2D eigenvalue weighted by Crippen LogP contribution is -2.41. The van der Waals surface area contributed by atoms with E-state index in [1.807, 2.05) is 22.6 Å². The van der Waals surface area contributed by atoms with Crippen LogP contribution in [0.25, 0.3) is 5.52 Å². The summed E-state index contributed by atoms with van der Waals surface area (Å²) in [4.78, 5) is 26.9. The summed E-state index contributed by atoms with van der Waals surface area (Å²) < 4.78 is 21.7. The van der Waals surface area contributed by atoms with Gasteiger partial charge in [0.15, 0.2) is 3.70 Å². The SMILES string of the molecule is CC(C)(O)c1nc(I)c(C(=O)N2CCc3[nH]cnc3[C@@H]2c2cc3c(F)cccn3n2)o1. The van der Waals surface area contributed by atoms with Gasteiger partial charge in [0, 0.05) is 24.9 Å². The van der Waals surface area contributed by atoms with Gasteiger partial charge in [-0.2, -0.15) is 5.10 Å². The number of pyridine rings is 1. The number of fused-ring (bicyclic) bond motifs is 2. The van der Waals surface area contributed by atoms with Gasteiger partial charge >= 0.3 is 0 Å². The first-order valence-corrected chi connectivity index (χ1v) is 10.7. The Morgan fingerprint density at radius 1 is 1.45 bits per heavy atom. The molecule has 0 aromatic carbocycles. The Morgan fingerprint density at radius 3 is 2.97 bits per heavy atom. The normalized spacial score (nSPS) is 16.7. The average Bonchev–Trinajstić information content (AvgIpc) is 3.44. The number of rotatable bonds is 3. The average molecular weight is 536 g/mol. The number of halogens is 2. The monoisotopic (exact) mass is 536 g/mol. The van der Waals surface area contributed by atoms with E-state index >= 15 is 0 Å². The highest BCUT2D eigenvalue weighted by Crippen LogP contribution is 2.35. The number of H-pyrrole nitrogens is 1. The van der Waals surface area contributed by atoms with E-state index in [4.69, 9.17) is 4.42 Å². The molecule has 0 saturated heterocycles. The minimum absolute atomic E-state index is 0.0386. The van der Waals surface area contributed by atoms with Crippen molar-refractivity contribution >= 4 is 34.0 Å². The van der Waals surface area contributed by atoms with E-state index in [2.05, 4.69) is 20.1 Å². The third-order valence-electron chi connectivity index (χ3n) is 5.24. The van der Waals surface area contributed by atoms with Gasteiger partial charge in [0.25, 0.3) is 5.91 Å². The van der Waals surface area contributed by atoms with Crippen molar-refractivity contribution in [1.29, 1.82) is 0 Å². The van der Waals surface area contributed by atoms with Crippen LogP contribution in [0.1, 0.15) is 53.4 Å². The van der Waals surface area contributed by atoms with Crippen molar-refractivity contribution in [2.24, 2.45) is 0 Å². The second-order valence-electron chi connectivity index (χ2n) is 7.87. The summed E-state index contributed by atoms with van der Waals surface area (Å²) in [6.45, 7) is 3.45. The lowest BCUT2D eigenvalue weighted by Gasteiger charge is -2.33. The van der Waals surface area contributed by atoms with Crippen LogP contribution in [-0.2, 0) is 12.0 Å². The fraction of sp³-hybridized carbons (Fsp3) is 0.300. The number of aromatic nitrogens is 5. The standard InChI is InChI=1S/C20H18FIN6O3/c1-20(2,30)19-25-17(22)16(31-19)18(29)27-7-5-11-14(24-9-23-11)15(27)12-8-13-10(21)4-3-6-28(13)26-12/h3-4,6,8-9,15,30H,5,7H2,1-2H3,(H,23,24)/t15-/m0/s1. The molecule has 1 aliphatic heterocycles. The van der Waals surface area contributed by atoms with Gasteiger partial charge in [0.1, 0.15) is 23.0 Å². The molecule has 0 unspecified atom stereocenters. The molecule has 4 aromatic heterocycles. The van der Waals surface area contributed by atoms with Gasteiger partial charge in [-0.05, 0) is 54.6 Å². The number of aliphatic hydroxyl groups is 1. The molecule has 0 aliphatic carbocycles. The number of hydrogen-bond donors (Lipinski definition) is 2. The number of amides is 1. The molecule has 0 saturated carbocycles. The van der Waals surface area contributed by atoms with Gasteiger partial charge < -0.3 is 19.4 Å². The van der Waals surface area contributed by atoms with Crippen molar-refractivity contribution in [3.8, 4) is 0 Å². The van der Waals surface area contributed by atoms with Crippen molar-refractivity contribution in [2.45, 2.75) is 31.9 Å². The molecular weight excluding hydrogens is 518 g/mol. The molecule has 2 N–H and O–H groups in total. The van der Waals surface area contributed by atoms with Crippen LogP contribution in [0.15, 0.2) is 35.1 Å². The molecule has 160 valence electrons. The number of imidazole rings is 1. The number of aromatic amines is 1. The molecule has 1 atom stereocenters. The molecule has 4 aromatic rings. The Bertz CT molecular complexity index is 1300. The first kappa shape index (κ1) is 20.1. The molecule has 5 rings (SSSR count). The van der Waals surface area contributed by atoms with Crippen molar-refractivity contribution in [2.75, 3.05) is 6.54 Å². The number of carbonyl (C=O) groups is 1. The summed E-state index contributed by atoms with van der Waals surface area (Å²) in [6.07, 6.45) is 3.80. The van der Waals surface area contributed by atoms with Crippen molar-refractivity contribution in [1.82, 2.24) is 29.5 Å². The summed E-state index contributed by atoms with van der Waals surface area (Å²) >= 11 is 1.91. The minimum Gasteiger partial charge on any atom is -0.431 e. The maximum absolute atomic E-state index is 14.3. The molecule has 0 radical (unpaired) electrons. The summed E-state index contributed by atoms with van der Waals surface area (Å²) in [7, 11) is 0. The van der Waals surface area contributed by atoms with Crippen LogP contribution < -0.4 is 0 Å². The maximum atomic E-state index is 14.3. The zero-order valence-electron chi connectivity index (χ0n) is 16.6. The largest absolute Gasteiger partial charge is 0.431 e. The zero-order chi connectivity index (χ0) is 21.9. The summed E-state index contributed by atoms with van der Waals surface area (Å²) in [5.41, 5.74) is 1.03. The van der Waals surface area contributed by atoms with E-state index in [0.717, 1.165) is 5.69 Å². The Kier molecular flexibility index (Phi) is 4.62. The van der Waals surface area contributed by atoms with Gasteiger partial charge in [-0.25, -0.2) is 18.9 Å². The topological polar surface area (TPSA) is 113 Å². The number of oxazole rings is 1. The highest BCUT2D eigenvalue weighted by atomic mass is 127. The fourth-order valence-corrected chi connectivity index (χ4v) is 4.31. The first-order valence-electron chi connectivity index (χ1n) is 9.60. The number of hydrogen-bond acceptors (Lipinski definition) is 6. The molecule has 0 fully saturated rings. The Hall–Kier alpha value is -2.80. The molecule has 0 bridgehead atoms. The molecule has 11 heteroatoms. The highest BCUT2D eigenvalue weighted by molar-refractivity contribution is 14.1. The Morgan fingerprint density at radius 2 is 2.26 bits per heavy atom. The second kappa shape index (κ2) is 7.12. The quantitative estimate of drug-likeness (QED) is 0.390. The van der Waals surface area contributed by atoms with Gasteiger partial charge in [-0.1, -0.05) is 0 Å². The van der Waals surface area contributed by atoms with Crippen LogP contribution >= 0.6 is 22.6 Å². The molecule has 9 nitrogen and oxygen atoms in total. The van der Waals surface area contributed by atoms with E-state index < -0.39 is 23.4 Å². The lowest BCUT2D eigenvalue weighted by atomic mass is 9.99. The second-order valence-corrected chi connectivity index (χ2v) is 8.89. The van der Waals surface area contributed by atoms with E-state index in [1.54, 1.807) is 29.6 Å². The third kappa shape index (κ3) is 3.31. The van der Waals surface area contributed by atoms with Gasteiger partial charge in [-0.15, -0.1) is 0 Å². The predicted molar refractivity (Wildman–Crippen MR) is 115 cm³/mol. The van der Waals surface area contributed by atoms with E-state index in [9.17, 15) is 14.3 Å². The van der Waals surface area contributed by atoms with Crippen LogP contribution in [0.4, 0.5) is 4.39 Å². The van der Waals surface area contributed by atoms with Gasteiger partial charge in [0.2, 0.25) is 11.7 Å². The van der Waals surface area contributed by atoms with Crippen LogP contribution in [0.2, 0.25) is 0 Å². The highest BCUT2D eigenvalue weighted by Gasteiger charge is 2.39. The fourth-order valence-electron chi connectivity index (χ4n) is 3.75. The summed E-state index contributed by atoms with van der Waals surface area (Å²) in [5, 5.41) is 14.7. The summed E-state index contributed by atoms with van der Waals surface area (Å²) in [6, 6.07) is 3.92. The van der Waals surface area contributed by atoms with Gasteiger partial charge in [0.05, 0.1) is 17.7 Å². The minimum atomic E-state index is -1.33. The van der Waals surface area contributed by atoms with Crippen molar-refractivity contribution in [3.05, 3.63) is 69.0 Å². The zero-order valence-corrected chi connectivity index (χ0v) is 18.8. The van der Waals surface area contributed by atoms with Crippen molar-refractivity contribution < 1.29 is 18.7 Å². The smallest absolute Gasteiger partial charge is 0.293 e. The van der Waals surface area contributed by atoms with E-state index in [1.165, 1.54) is 24.4 Å². The Balaban J connectivity index is 1.61. The Labute approximate surface area is 189 Å². The van der Waals surface area contributed by atoms with E-state index in [-0.39, 0.29) is 11.7 Å². The predicted octanol–water partition coefficient (Wildman–Crippen LogP) is 2.80. The van der Waals surface area contributed by atoms with Gasteiger partial charge in [-0.3, -0.25) is 4.79 Å². The van der Waals surface area contributed by atoms with Crippen LogP contribution in [0, 0.1) is 9.52 Å².